The highest BCUT2D eigenvalue weighted by atomic mass is 16.5. The third-order valence-corrected chi connectivity index (χ3v) is 1.95. The summed E-state index contributed by atoms with van der Waals surface area (Å²) in [6, 6.07) is 6.43. The first-order chi connectivity index (χ1) is 6.72. The fourth-order valence-corrected chi connectivity index (χ4v) is 1.19. The van der Waals surface area contributed by atoms with E-state index in [0.29, 0.717) is 16.9 Å². The Morgan fingerprint density at radius 3 is 2.86 bits per heavy atom. The van der Waals surface area contributed by atoms with E-state index in [0.717, 1.165) is 0 Å². The van der Waals surface area contributed by atoms with Crippen LogP contribution in [0.5, 0.6) is 5.75 Å². The SMILES string of the molecule is COc1ccc(C#N)cc1[C@H](N)CO. The van der Waals surface area contributed by atoms with Crippen molar-refractivity contribution < 1.29 is 9.84 Å². The largest absolute Gasteiger partial charge is 0.496 e. The Hall–Kier alpha value is -1.57. The number of ether oxygens (including phenoxy) is 1. The number of methoxy groups -OCH3 is 1. The highest BCUT2D eigenvalue weighted by molar-refractivity contribution is 5.43. The summed E-state index contributed by atoms with van der Waals surface area (Å²) in [5.41, 5.74) is 6.81. The summed E-state index contributed by atoms with van der Waals surface area (Å²) in [5.74, 6) is 0.588. The molecule has 0 saturated heterocycles. The number of benzene rings is 1. The molecule has 3 N–H and O–H groups in total. The molecule has 1 atom stereocenters. The molecule has 1 aromatic carbocycles. The zero-order valence-electron chi connectivity index (χ0n) is 7.90. The van der Waals surface area contributed by atoms with Gasteiger partial charge in [0.2, 0.25) is 0 Å². The Kier molecular flexibility index (Phi) is 3.46. The third kappa shape index (κ3) is 2.02. The molecule has 0 heterocycles. The summed E-state index contributed by atoms with van der Waals surface area (Å²) in [6.45, 7) is -0.175. The summed E-state index contributed by atoms with van der Waals surface area (Å²) in [6.07, 6.45) is 0. The van der Waals surface area contributed by atoms with Crippen LogP contribution in [-0.4, -0.2) is 18.8 Å². The maximum atomic E-state index is 8.91. The molecule has 0 radical (unpaired) electrons. The molecular weight excluding hydrogens is 180 g/mol. The molecule has 0 fully saturated rings. The van der Waals surface area contributed by atoms with Crippen LogP contribution >= 0.6 is 0 Å². The maximum Gasteiger partial charge on any atom is 0.123 e. The second-order valence-electron chi connectivity index (χ2n) is 2.86. The third-order valence-electron chi connectivity index (χ3n) is 1.95. The minimum absolute atomic E-state index is 0.175. The van der Waals surface area contributed by atoms with Crippen molar-refractivity contribution in [1.82, 2.24) is 0 Å². The topological polar surface area (TPSA) is 79.3 Å². The van der Waals surface area contributed by atoms with E-state index in [9.17, 15) is 0 Å². The van der Waals surface area contributed by atoms with Crippen molar-refractivity contribution >= 4 is 0 Å². The Labute approximate surface area is 82.5 Å². The van der Waals surface area contributed by atoms with Gasteiger partial charge in [-0.15, -0.1) is 0 Å². The van der Waals surface area contributed by atoms with Crippen LogP contribution in [0, 0.1) is 11.3 Å². The van der Waals surface area contributed by atoms with Gasteiger partial charge < -0.3 is 15.6 Å². The van der Waals surface area contributed by atoms with Gasteiger partial charge in [0, 0.05) is 5.56 Å². The van der Waals surface area contributed by atoms with Gasteiger partial charge in [-0.2, -0.15) is 5.26 Å². The molecule has 0 spiro atoms. The molecule has 0 saturated carbocycles. The summed E-state index contributed by atoms with van der Waals surface area (Å²) >= 11 is 0. The van der Waals surface area contributed by atoms with Gasteiger partial charge in [-0.1, -0.05) is 0 Å². The van der Waals surface area contributed by atoms with Crippen LogP contribution < -0.4 is 10.5 Å². The molecule has 0 unspecified atom stereocenters. The number of aliphatic hydroxyl groups is 1. The van der Waals surface area contributed by atoms with Crippen LogP contribution in [-0.2, 0) is 0 Å². The van der Waals surface area contributed by atoms with E-state index in [-0.39, 0.29) is 6.61 Å². The molecule has 0 aliphatic carbocycles. The fourth-order valence-electron chi connectivity index (χ4n) is 1.19. The summed E-state index contributed by atoms with van der Waals surface area (Å²) in [5, 5.41) is 17.6. The monoisotopic (exact) mass is 192 g/mol. The van der Waals surface area contributed by atoms with E-state index >= 15 is 0 Å². The lowest BCUT2D eigenvalue weighted by Gasteiger charge is -2.13. The standard InChI is InChI=1S/C10H12N2O2/c1-14-10-3-2-7(5-11)4-8(10)9(12)6-13/h2-4,9,13H,6,12H2,1H3/t9-/m1/s1. The van der Waals surface area contributed by atoms with Gasteiger partial charge in [0.15, 0.2) is 0 Å². The summed E-state index contributed by atoms with van der Waals surface area (Å²) in [7, 11) is 1.52. The van der Waals surface area contributed by atoms with E-state index in [4.69, 9.17) is 20.8 Å². The average molecular weight is 192 g/mol. The van der Waals surface area contributed by atoms with Crippen molar-refractivity contribution in [3.8, 4) is 11.8 Å². The van der Waals surface area contributed by atoms with Crippen LogP contribution in [0.15, 0.2) is 18.2 Å². The van der Waals surface area contributed by atoms with Crippen LogP contribution in [0.25, 0.3) is 0 Å². The normalized spacial score (nSPS) is 11.9. The van der Waals surface area contributed by atoms with Gasteiger partial charge in [-0.25, -0.2) is 0 Å². The van der Waals surface area contributed by atoms with Crippen LogP contribution in [0.2, 0.25) is 0 Å². The van der Waals surface area contributed by atoms with Crippen molar-refractivity contribution in [3.05, 3.63) is 29.3 Å². The summed E-state index contributed by atoms with van der Waals surface area (Å²) < 4.78 is 5.07. The Morgan fingerprint density at radius 2 is 2.36 bits per heavy atom. The number of nitriles is 1. The molecule has 0 aliphatic heterocycles. The first kappa shape index (κ1) is 10.5. The van der Waals surface area contributed by atoms with Crippen LogP contribution in [0.4, 0.5) is 0 Å². The van der Waals surface area contributed by atoms with Crippen LogP contribution in [0.1, 0.15) is 17.2 Å². The number of nitrogens with two attached hydrogens (primary N) is 1. The highest BCUT2D eigenvalue weighted by Gasteiger charge is 2.11. The minimum Gasteiger partial charge on any atom is -0.496 e. The Morgan fingerprint density at radius 1 is 1.64 bits per heavy atom. The van der Waals surface area contributed by atoms with Crippen molar-refractivity contribution in [2.24, 2.45) is 5.73 Å². The van der Waals surface area contributed by atoms with E-state index in [1.54, 1.807) is 18.2 Å². The molecule has 1 rings (SSSR count). The second kappa shape index (κ2) is 4.61. The lowest BCUT2D eigenvalue weighted by atomic mass is 10.0. The van der Waals surface area contributed by atoms with E-state index in [1.165, 1.54) is 7.11 Å². The average Bonchev–Trinajstić information content (AvgIpc) is 2.27. The highest BCUT2D eigenvalue weighted by Crippen LogP contribution is 2.24. The smallest absolute Gasteiger partial charge is 0.123 e. The molecule has 14 heavy (non-hydrogen) atoms. The van der Waals surface area contributed by atoms with Crippen molar-refractivity contribution in [1.29, 1.82) is 5.26 Å². The van der Waals surface area contributed by atoms with Gasteiger partial charge in [-0.05, 0) is 18.2 Å². The Bertz CT molecular complexity index is 358. The molecule has 74 valence electrons. The number of aliphatic hydroxyl groups excluding tert-OH is 1. The molecule has 0 aromatic heterocycles. The number of nitrogens with zero attached hydrogens (tertiary/aromatic N) is 1. The zero-order chi connectivity index (χ0) is 10.6. The van der Waals surface area contributed by atoms with Gasteiger partial charge in [-0.3, -0.25) is 0 Å². The van der Waals surface area contributed by atoms with Crippen molar-refractivity contribution in [2.75, 3.05) is 13.7 Å². The zero-order valence-corrected chi connectivity index (χ0v) is 7.90. The predicted molar refractivity (Wildman–Crippen MR) is 51.7 cm³/mol. The second-order valence-corrected chi connectivity index (χ2v) is 2.86. The lowest BCUT2D eigenvalue weighted by Crippen LogP contribution is -2.15. The van der Waals surface area contributed by atoms with Crippen LogP contribution in [0.3, 0.4) is 0 Å². The maximum absolute atomic E-state index is 8.91. The first-order valence-corrected chi connectivity index (χ1v) is 4.17. The number of rotatable bonds is 3. The first-order valence-electron chi connectivity index (χ1n) is 4.17. The molecule has 0 bridgehead atoms. The molecule has 1 aromatic rings. The van der Waals surface area contributed by atoms with E-state index < -0.39 is 6.04 Å². The van der Waals surface area contributed by atoms with Gasteiger partial charge in [0.1, 0.15) is 5.75 Å². The molecule has 0 aliphatic rings. The molecule has 4 heteroatoms. The molecule has 0 amide bonds. The Balaban J connectivity index is 3.16. The molecular formula is C10H12N2O2. The fraction of sp³-hybridized carbons (Fsp3) is 0.300. The van der Waals surface area contributed by atoms with Gasteiger partial charge in [0.05, 0.1) is 31.4 Å². The number of hydrogen-bond donors (Lipinski definition) is 2. The van der Waals surface area contributed by atoms with E-state index in [1.807, 2.05) is 6.07 Å². The quantitative estimate of drug-likeness (QED) is 0.733. The van der Waals surface area contributed by atoms with Gasteiger partial charge in [0.25, 0.3) is 0 Å². The lowest BCUT2D eigenvalue weighted by molar-refractivity contribution is 0.264. The number of hydrogen-bond acceptors (Lipinski definition) is 4. The molecule has 4 nitrogen and oxygen atoms in total. The summed E-state index contributed by atoms with van der Waals surface area (Å²) in [4.78, 5) is 0. The van der Waals surface area contributed by atoms with E-state index in [2.05, 4.69) is 0 Å². The van der Waals surface area contributed by atoms with Crippen molar-refractivity contribution in [3.63, 3.8) is 0 Å². The predicted octanol–water partition coefficient (Wildman–Crippen LogP) is 0.559. The van der Waals surface area contributed by atoms with Gasteiger partial charge >= 0.3 is 0 Å². The van der Waals surface area contributed by atoms with Crippen molar-refractivity contribution in [2.45, 2.75) is 6.04 Å². The minimum atomic E-state index is -0.516.